The summed E-state index contributed by atoms with van der Waals surface area (Å²) in [6, 6.07) is 0.702. The van der Waals surface area contributed by atoms with Gasteiger partial charge in [-0.05, 0) is 45.3 Å². The molecule has 1 aliphatic heterocycles. The van der Waals surface area contributed by atoms with Gasteiger partial charge in [0.05, 0.1) is 0 Å². The molecule has 0 spiro atoms. The highest BCUT2D eigenvalue weighted by molar-refractivity contribution is 4.75. The monoisotopic (exact) mass is 198 g/mol. The molecule has 1 rings (SSSR count). The molecule has 0 amide bonds. The lowest BCUT2D eigenvalue weighted by Crippen LogP contribution is -2.42. The minimum atomic E-state index is 0.702. The second-order valence-corrected chi connectivity index (χ2v) is 4.76. The summed E-state index contributed by atoms with van der Waals surface area (Å²) in [5.41, 5.74) is 0. The van der Waals surface area contributed by atoms with Crippen LogP contribution in [0.5, 0.6) is 0 Å². The van der Waals surface area contributed by atoms with Crippen LogP contribution in [-0.2, 0) is 0 Å². The molecule has 1 unspecified atom stereocenters. The molecule has 0 aromatic heterocycles. The van der Waals surface area contributed by atoms with Gasteiger partial charge in [0, 0.05) is 12.6 Å². The fourth-order valence-corrected chi connectivity index (χ4v) is 2.23. The molecule has 1 aliphatic rings. The van der Waals surface area contributed by atoms with E-state index in [2.05, 4.69) is 31.1 Å². The fourth-order valence-electron chi connectivity index (χ4n) is 2.23. The topological polar surface area (TPSA) is 15.3 Å². The van der Waals surface area contributed by atoms with Crippen LogP contribution in [0.3, 0.4) is 0 Å². The first kappa shape index (κ1) is 12.0. The Kier molecular flexibility index (Phi) is 5.49. The van der Waals surface area contributed by atoms with E-state index in [1.165, 1.54) is 45.3 Å². The molecular weight excluding hydrogens is 172 g/mol. The molecular formula is C12H26N2. The number of hydrogen-bond donors (Lipinski definition) is 1. The summed E-state index contributed by atoms with van der Waals surface area (Å²) < 4.78 is 0. The minimum Gasteiger partial charge on any atom is -0.316 e. The SMILES string of the molecule is CCCC(CN1CCC(C)CC1)NC. The summed E-state index contributed by atoms with van der Waals surface area (Å²) in [7, 11) is 2.09. The molecule has 1 saturated heterocycles. The summed E-state index contributed by atoms with van der Waals surface area (Å²) in [6.07, 6.45) is 5.38. The van der Waals surface area contributed by atoms with Crippen LogP contribution in [0, 0.1) is 5.92 Å². The Morgan fingerprint density at radius 1 is 1.36 bits per heavy atom. The summed E-state index contributed by atoms with van der Waals surface area (Å²) in [5.74, 6) is 0.950. The highest BCUT2D eigenvalue weighted by Gasteiger charge is 2.17. The van der Waals surface area contributed by atoms with Gasteiger partial charge in [0.2, 0.25) is 0 Å². The van der Waals surface area contributed by atoms with Gasteiger partial charge in [-0.1, -0.05) is 20.3 Å². The van der Waals surface area contributed by atoms with Gasteiger partial charge in [0.15, 0.2) is 0 Å². The van der Waals surface area contributed by atoms with Crippen molar-refractivity contribution in [2.75, 3.05) is 26.7 Å². The van der Waals surface area contributed by atoms with Crippen molar-refractivity contribution in [1.29, 1.82) is 0 Å². The second-order valence-electron chi connectivity index (χ2n) is 4.76. The Morgan fingerprint density at radius 3 is 2.50 bits per heavy atom. The molecule has 0 bridgehead atoms. The molecule has 1 heterocycles. The lowest BCUT2D eigenvalue weighted by atomic mass is 9.98. The second kappa shape index (κ2) is 6.41. The Balaban J connectivity index is 2.21. The number of hydrogen-bond acceptors (Lipinski definition) is 2. The van der Waals surface area contributed by atoms with Gasteiger partial charge >= 0.3 is 0 Å². The molecule has 0 aliphatic carbocycles. The van der Waals surface area contributed by atoms with Gasteiger partial charge in [-0.25, -0.2) is 0 Å². The summed E-state index contributed by atoms with van der Waals surface area (Å²) in [5, 5.41) is 3.42. The Labute approximate surface area is 89.1 Å². The lowest BCUT2D eigenvalue weighted by Gasteiger charge is -2.32. The Morgan fingerprint density at radius 2 is 2.00 bits per heavy atom. The Bertz CT molecular complexity index is 139. The van der Waals surface area contributed by atoms with Crippen molar-refractivity contribution in [2.45, 2.75) is 45.6 Å². The van der Waals surface area contributed by atoms with E-state index in [0.29, 0.717) is 6.04 Å². The quantitative estimate of drug-likeness (QED) is 0.728. The van der Waals surface area contributed by atoms with Crippen molar-refractivity contribution in [1.82, 2.24) is 10.2 Å². The minimum absolute atomic E-state index is 0.702. The van der Waals surface area contributed by atoms with Gasteiger partial charge in [0.25, 0.3) is 0 Å². The molecule has 1 fully saturated rings. The van der Waals surface area contributed by atoms with E-state index in [1.54, 1.807) is 0 Å². The van der Waals surface area contributed by atoms with Crippen molar-refractivity contribution in [3.63, 3.8) is 0 Å². The molecule has 0 saturated carbocycles. The van der Waals surface area contributed by atoms with E-state index >= 15 is 0 Å². The van der Waals surface area contributed by atoms with Crippen LogP contribution in [0.25, 0.3) is 0 Å². The molecule has 0 radical (unpaired) electrons. The molecule has 0 aromatic carbocycles. The summed E-state index contributed by atoms with van der Waals surface area (Å²) in [4.78, 5) is 2.62. The number of rotatable bonds is 5. The number of nitrogens with one attached hydrogen (secondary N) is 1. The molecule has 14 heavy (non-hydrogen) atoms. The van der Waals surface area contributed by atoms with E-state index in [9.17, 15) is 0 Å². The zero-order valence-electron chi connectivity index (χ0n) is 10.1. The van der Waals surface area contributed by atoms with E-state index in [-0.39, 0.29) is 0 Å². The number of likely N-dealkylation sites (N-methyl/N-ethyl adjacent to an activating group) is 1. The van der Waals surface area contributed by atoms with Crippen LogP contribution < -0.4 is 5.32 Å². The van der Waals surface area contributed by atoms with E-state index < -0.39 is 0 Å². The third-order valence-electron chi connectivity index (χ3n) is 3.40. The van der Waals surface area contributed by atoms with Crippen LogP contribution in [0.2, 0.25) is 0 Å². The molecule has 2 heteroatoms. The van der Waals surface area contributed by atoms with Crippen LogP contribution in [0.15, 0.2) is 0 Å². The average molecular weight is 198 g/mol. The molecule has 0 aromatic rings. The number of nitrogens with zero attached hydrogens (tertiary/aromatic N) is 1. The fraction of sp³-hybridized carbons (Fsp3) is 1.00. The van der Waals surface area contributed by atoms with Crippen molar-refractivity contribution < 1.29 is 0 Å². The first-order valence-corrected chi connectivity index (χ1v) is 6.15. The third kappa shape index (κ3) is 3.97. The van der Waals surface area contributed by atoms with Crippen LogP contribution in [0.1, 0.15) is 39.5 Å². The van der Waals surface area contributed by atoms with E-state index in [1.807, 2.05) is 0 Å². The molecule has 2 nitrogen and oxygen atoms in total. The Hall–Kier alpha value is -0.0800. The third-order valence-corrected chi connectivity index (χ3v) is 3.40. The van der Waals surface area contributed by atoms with Gasteiger partial charge in [-0.3, -0.25) is 0 Å². The van der Waals surface area contributed by atoms with Crippen molar-refractivity contribution in [3.8, 4) is 0 Å². The normalized spacial score (nSPS) is 22.5. The lowest BCUT2D eigenvalue weighted by molar-refractivity contribution is 0.174. The zero-order chi connectivity index (χ0) is 10.4. The maximum Gasteiger partial charge on any atom is 0.0191 e. The van der Waals surface area contributed by atoms with Crippen LogP contribution in [-0.4, -0.2) is 37.6 Å². The first-order valence-electron chi connectivity index (χ1n) is 6.15. The van der Waals surface area contributed by atoms with Crippen molar-refractivity contribution in [2.24, 2.45) is 5.92 Å². The first-order chi connectivity index (χ1) is 6.76. The van der Waals surface area contributed by atoms with Gasteiger partial charge in [-0.15, -0.1) is 0 Å². The average Bonchev–Trinajstić information content (AvgIpc) is 2.20. The molecule has 84 valence electrons. The van der Waals surface area contributed by atoms with Crippen LogP contribution in [0.4, 0.5) is 0 Å². The smallest absolute Gasteiger partial charge is 0.0191 e. The standard InChI is InChI=1S/C12H26N2/c1-4-5-12(13-3)10-14-8-6-11(2)7-9-14/h11-13H,4-10H2,1-3H3. The summed E-state index contributed by atoms with van der Waals surface area (Å²) >= 11 is 0. The predicted octanol–water partition coefficient (Wildman–Crippen LogP) is 2.11. The summed E-state index contributed by atoms with van der Waals surface area (Å²) in [6.45, 7) is 8.50. The van der Waals surface area contributed by atoms with Gasteiger partial charge in [0.1, 0.15) is 0 Å². The van der Waals surface area contributed by atoms with Crippen molar-refractivity contribution >= 4 is 0 Å². The van der Waals surface area contributed by atoms with Gasteiger partial charge in [-0.2, -0.15) is 0 Å². The number of piperidine rings is 1. The maximum atomic E-state index is 3.42. The maximum absolute atomic E-state index is 3.42. The highest BCUT2D eigenvalue weighted by atomic mass is 15.1. The molecule has 1 atom stereocenters. The molecule has 1 N–H and O–H groups in total. The van der Waals surface area contributed by atoms with Crippen LogP contribution >= 0.6 is 0 Å². The largest absolute Gasteiger partial charge is 0.316 e. The predicted molar refractivity (Wildman–Crippen MR) is 62.6 cm³/mol. The van der Waals surface area contributed by atoms with Gasteiger partial charge < -0.3 is 10.2 Å². The van der Waals surface area contributed by atoms with Crippen molar-refractivity contribution in [3.05, 3.63) is 0 Å². The zero-order valence-corrected chi connectivity index (χ0v) is 10.1. The van der Waals surface area contributed by atoms with E-state index in [4.69, 9.17) is 0 Å². The number of likely N-dealkylation sites (tertiary alicyclic amines) is 1. The van der Waals surface area contributed by atoms with E-state index in [0.717, 1.165) is 5.92 Å². The highest BCUT2D eigenvalue weighted by Crippen LogP contribution is 2.16.